The zero-order chi connectivity index (χ0) is 24.2. The quantitative estimate of drug-likeness (QED) is 0.379. The highest BCUT2D eigenvalue weighted by Crippen LogP contribution is 2.22. The van der Waals surface area contributed by atoms with Crippen molar-refractivity contribution < 1.29 is 13.9 Å². The molecule has 4 aromatic rings. The van der Waals surface area contributed by atoms with E-state index in [4.69, 9.17) is 17.0 Å². The maximum Gasteiger partial charge on any atom is 0.257 e. The number of fused-ring (bicyclic) bond motifs is 1. The first kappa shape index (κ1) is 23.3. The molecule has 4 rings (SSSR count). The molecule has 9 heteroatoms. The van der Waals surface area contributed by atoms with Gasteiger partial charge in [0.1, 0.15) is 22.6 Å². The third-order valence-corrected chi connectivity index (χ3v) is 5.14. The Kier molecular flexibility index (Phi) is 6.83. The molecule has 0 aliphatic rings. The predicted octanol–water partition coefficient (Wildman–Crippen LogP) is 5.03. The zero-order valence-corrected chi connectivity index (χ0v) is 19.8. The van der Waals surface area contributed by atoms with Gasteiger partial charge in [-0.2, -0.15) is 4.80 Å². The Labute approximate surface area is 201 Å². The molecule has 0 saturated carbocycles. The fraction of sp³-hybridized carbons (Fsp3) is 0.200. The number of ether oxygens (including phenoxy) is 1. The fourth-order valence-electron chi connectivity index (χ4n) is 3.21. The Morgan fingerprint density at radius 1 is 1.09 bits per heavy atom. The molecular weight excluding hydrogens is 453 g/mol. The fourth-order valence-corrected chi connectivity index (χ4v) is 3.41. The molecule has 174 valence electrons. The van der Waals surface area contributed by atoms with E-state index in [0.717, 1.165) is 5.56 Å². The number of carbonyl (C=O) groups excluding carboxylic acids is 1. The van der Waals surface area contributed by atoms with Gasteiger partial charge < -0.3 is 10.1 Å². The van der Waals surface area contributed by atoms with Gasteiger partial charge in [0.05, 0.1) is 12.3 Å². The first-order valence-corrected chi connectivity index (χ1v) is 11.2. The van der Waals surface area contributed by atoms with Gasteiger partial charge in [-0.25, -0.2) is 4.39 Å². The van der Waals surface area contributed by atoms with Crippen LogP contribution in [0.15, 0.2) is 60.7 Å². The number of aromatic nitrogens is 3. The second-order valence-electron chi connectivity index (χ2n) is 8.26. The van der Waals surface area contributed by atoms with Crippen molar-refractivity contribution in [2.75, 3.05) is 11.9 Å². The average molecular weight is 478 g/mol. The summed E-state index contributed by atoms with van der Waals surface area (Å²) >= 11 is 5.36. The van der Waals surface area contributed by atoms with Gasteiger partial charge in [-0.05, 0) is 85.2 Å². The van der Waals surface area contributed by atoms with Crippen molar-refractivity contribution in [3.05, 3.63) is 77.6 Å². The van der Waals surface area contributed by atoms with E-state index >= 15 is 0 Å². The Balaban J connectivity index is 1.46. The number of hydrogen-bond donors (Lipinski definition) is 2. The summed E-state index contributed by atoms with van der Waals surface area (Å²) in [5.41, 5.74) is 3.96. The van der Waals surface area contributed by atoms with Gasteiger partial charge in [-0.3, -0.25) is 10.1 Å². The molecular formula is C25H24FN5O2S. The monoisotopic (exact) mass is 477 g/mol. The van der Waals surface area contributed by atoms with Crippen LogP contribution in [0.25, 0.3) is 16.7 Å². The van der Waals surface area contributed by atoms with E-state index in [1.165, 1.54) is 16.9 Å². The lowest BCUT2D eigenvalue weighted by molar-refractivity contribution is 0.0977. The maximum absolute atomic E-state index is 13.2. The number of hydrogen-bond acceptors (Lipinski definition) is 5. The van der Waals surface area contributed by atoms with Crippen molar-refractivity contribution in [3.63, 3.8) is 0 Å². The topological polar surface area (TPSA) is 81.1 Å². The van der Waals surface area contributed by atoms with Crippen LogP contribution in [0.5, 0.6) is 5.75 Å². The highest BCUT2D eigenvalue weighted by molar-refractivity contribution is 7.80. The molecule has 0 bridgehead atoms. The van der Waals surface area contributed by atoms with Crippen LogP contribution in [0.2, 0.25) is 0 Å². The first-order chi connectivity index (χ1) is 16.3. The summed E-state index contributed by atoms with van der Waals surface area (Å²) in [6, 6.07) is 16.6. The second kappa shape index (κ2) is 9.96. The Hall–Kier alpha value is -3.85. The molecule has 1 aromatic heterocycles. The molecule has 0 aliphatic carbocycles. The standard InChI is InChI=1S/C25H24FN5O2S/c1-15(2)14-33-20-6-4-5-17(12-20)24(32)28-25(34)27-21-13-23-22(11-16(21)3)29-31(30-23)19-9-7-18(26)8-10-19/h4-13,15H,14H2,1-3H3,(H2,27,28,32,34). The van der Waals surface area contributed by atoms with Gasteiger partial charge >= 0.3 is 0 Å². The molecule has 0 fully saturated rings. The molecule has 0 spiro atoms. The molecule has 0 saturated heterocycles. The average Bonchev–Trinajstić information content (AvgIpc) is 3.21. The van der Waals surface area contributed by atoms with E-state index in [1.54, 1.807) is 36.4 Å². The van der Waals surface area contributed by atoms with Crippen LogP contribution in [0.3, 0.4) is 0 Å². The molecule has 7 nitrogen and oxygen atoms in total. The summed E-state index contributed by atoms with van der Waals surface area (Å²) in [4.78, 5) is 14.1. The normalized spacial score (nSPS) is 11.0. The second-order valence-corrected chi connectivity index (χ2v) is 8.67. The van der Waals surface area contributed by atoms with Crippen molar-refractivity contribution in [2.45, 2.75) is 20.8 Å². The minimum atomic E-state index is -0.339. The first-order valence-electron chi connectivity index (χ1n) is 10.8. The SMILES string of the molecule is Cc1cc2nn(-c3ccc(F)cc3)nc2cc1NC(=S)NC(=O)c1cccc(OCC(C)C)c1. The largest absolute Gasteiger partial charge is 0.493 e. The third-order valence-electron chi connectivity index (χ3n) is 4.94. The van der Waals surface area contributed by atoms with Gasteiger partial charge in [0.15, 0.2) is 5.11 Å². The van der Waals surface area contributed by atoms with Gasteiger partial charge in [-0.15, -0.1) is 10.2 Å². The molecule has 0 atom stereocenters. The Bertz CT molecular complexity index is 1350. The number of rotatable bonds is 6. The van der Waals surface area contributed by atoms with Crippen molar-refractivity contribution in [3.8, 4) is 11.4 Å². The van der Waals surface area contributed by atoms with Crippen LogP contribution in [0, 0.1) is 18.7 Å². The Morgan fingerprint density at radius 2 is 1.79 bits per heavy atom. The lowest BCUT2D eigenvalue weighted by atomic mass is 10.2. The number of nitrogens with one attached hydrogen (secondary N) is 2. The van der Waals surface area contributed by atoms with E-state index in [9.17, 15) is 9.18 Å². The summed E-state index contributed by atoms with van der Waals surface area (Å²) in [5, 5.41) is 14.8. The summed E-state index contributed by atoms with van der Waals surface area (Å²) in [5.74, 6) is 0.347. The molecule has 0 unspecified atom stereocenters. The number of carbonyl (C=O) groups is 1. The molecule has 1 heterocycles. The molecule has 1 amide bonds. The number of thiocarbonyl (C=S) groups is 1. The van der Waals surface area contributed by atoms with Crippen molar-refractivity contribution in [1.29, 1.82) is 0 Å². The number of amides is 1. The van der Waals surface area contributed by atoms with Crippen LogP contribution >= 0.6 is 12.2 Å². The van der Waals surface area contributed by atoms with Crippen LogP contribution < -0.4 is 15.4 Å². The van der Waals surface area contributed by atoms with E-state index in [-0.39, 0.29) is 16.8 Å². The summed E-state index contributed by atoms with van der Waals surface area (Å²) in [7, 11) is 0. The third kappa shape index (κ3) is 5.55. The molecule has 3 aromatic carbocycles. The van der Waals surface area contributed by atoms with Gasteiger partial charge in [0.2, 0.25) is 0 Å². The van der Waals surface area contributed by atoms with Gasteiger partial charge in [-0.1, -0.05) is 19.9 Å². The van der Waals surface area contributed by atoms with Crippen LogP contribution in [-0.2, 0) is 0 Å². The molecule has 2 N–H and O–H groups in total. The predicted molar refractivity (Wildman–Crippen MR) is 134 cm³/mol. The van der Waals surface area contributed by atoms with Crippen LogP contribution in [0.4, 0.5) is 10.1 Å². The van der Waals surface area contributed by atoms with Crippen LogP contribution in [-0.4, -0.2) is 32.6 Å². The maximum atomic E-state index is 13.2. The number of nitrogens with zero attached hydrogens (tertiary/aromatic N) is 3. The van der Waals surface area contributed by atoms with Gasteiger partial charge in [0.25, 0.3) is 5.91 Å². The summed E-state index contributed by atoms with van der Waals surface area (Å²) in [6.07, 6.45) is 0. The lowest BCUT2D eigenvalue weighted by Gasteiger charge is -2.13. The number of aryl methyl sites for hydroxylation is 1. The van der Waals surface area contributed by atoms with E-state index < -0.39 is 0 Å². The molecule has 34 heavy (non-hydrogen) atoms. The van der Waals surface area contributed by atoms with Gasteiger partial charge in [0, 0.05) is 11.3 Å². The summed E-state index contributed by atoms with van der Waals surface area (Å²) < 4.78 is 18.9. The number of halogens is 1. The highest BCUT2D eigenvalue weighted by atomic mass is 32.1. The zero-order valence-electron chi connectivity index (χ0n) is 19.0. The minimum absolute atomic E-state index is 0.159. The summed E-state index contributed by atoms with van der Waals surface area (Å²) in [6.45, 7) is 6.59. The van der Waals surface area contributed by atoms with Crippen molar-refractivity contribution in [2.24, 2.45) is 5.92 Å². The highest BCUT2D eigenvalue weighted by Gasteiger charge is 2.13. The minimum Gasteiger partial charge on any atom is -0.493 e. The van der Waals surface area contributed by atoms with E-state index in [0.29, 0.717) is 46.2 Å². The van der Waals surface area contributed by atoms with E-state index in [2.05, 4.69) is 34.7 Å². The molecule has 0 aliphatic heterocycles. The van der Waals surface area contributed by atoms with Crippen molar-refractivity contribution in [1.82, 2.24) is 20.3 Å². The number of anilines is 1. The number of benzene rings is 3. The molecule has 0 radical (unpaired) electrons. The lowest BCUT2D eigenvalue weighted by Crippen LogP contribution is -2.34. The van der Waals surface area contributed by atoms with Crippen molar-refractivity contribution >= 4 is 40.0 Å². The Morgan fingerprint density at radius 3 is 2.50 bits per heavy atom. The smallest absolute Gasteiger partial charge is 0.257 e. The van der Waals surface area contributed by atoms with Crippen LogP contribution in [0.1, 0.15) is 29.8 Å². The van der Waals surface area contributed by atoms with E-state index in [1.807, 2.05) is 19.1 Å².